The van der Waals surface area contributed by atoms with E-state index in [2.05, 4.69) is 22.8 Å². The molecule has 2 saturated carbocycles. The van der Waals surface area contributed by atoms with E-state index in [1.165, 1.54) is 12.5 Å². The number of amides is 2. The third-order valence-corrected chi connectivity index (χ3v) is 4.85. The van der Waals surface area contributed by atoms with Gasteiger partial charge >= 0.3 is 0 Å². The molecule has 2 unspecified atom stereocenters. The van der Waals surface area contributed by atoms with Gasteiger partial charge in [-0.05, 0) is 38.2 Å². The fourth-order valence-electron chi connectivity index (χ4n) is 2.90. The van der Waals surface area contributed by atoms with Gasteiger partial charge in [0.05, 0.1) is 6.10 Å². The maximum absolute atomic E-state index is 12.4. The molecule has 2 atom stereocenters. The van der Waals surface area contributed by atoms with Crippen LogP contribution < -0.4 is 10.6 Å². The van der Waals surface area contributed by atoms with Crippen molar-refractivity contribution < 1.29 is 14.7 Å². The smallest absolute Gasteiger partial charge is 0.245 e. The number of nitrogens with one attached hydrogen (secondary N) is 2. The average Bonchev–Trinajstić information content (AvgIpc) is 3.44. The van der Waals surface area contributed by atoms with E-state index in [-0.39, 0.29) is 23.1 Å². The second kappa shape index (κ2) is 6.32. The summed E-state index contributed by atoms with van der Waals surface area (Å²) in [6.07, 6.45) is 2.93. The number of benzene rings is 1. The second-order valence-corrected chi connectivity index (χ2v) is 6.87. The molecule has 2 fully saturated rings. The Bertz CT molecular complexity index is 577. The summed E-state index contributed by atoms with van der Waals surface area (Å²) in [6.45, 7) is 2.07. The van der Waals surface area contributed by atoms with Crippen molar-refractivity contribution in [1.82, 2.24) is 10.6 Å². The Hall–Kier alpha value is -1.88. The minimum atomic E-state index is -0.912. The first-order chi connectivity index (χ1) is 11.0. The Kier molecular flexibility index (Phi) is 4.39. The maximum Gasteiger partial charge on any atom is 0.245 e. The standard InChI is InChI=1S/C18H24N2O3/c1-12(21)15(20-16(22)13-7-8-13)17(23)19-11-18(9-10-18)14-5-3-2-4-6-14/h2-6,12-13,15,21H,7-11H2,1H3,(H,19,23)(H,20,22). The summed E-state index contributed by atoms with van der Waals surface area (Å²) in [7, 11) is 0. The first-order valence-electron chi connectivity index (χ1n) is 8.33. The van der Waals surface area contributed by atoms with Crippen molar-refractivity contribution in [2.45, 2.75) is 50.2 Å². The van der Waals surface area contributed by atoms with Gasteiger partial charge in [0.2, 0.25) is 11.8 Å². The highest BCUT2D eigenvalue weighted by Crippen LogP contribution is 2.47. The minimum absolute atomic E-state index is 0.0145. The molecular weight excluding hydrogens is 292 g/mol. The van der Waals surface area contributed by atoms with Gasteiger partial charge in [-0.3, -0.25) is 9.59 Å². The molecule has 5 nitrogen and oxygen atoms in total. The van der Waals surface area contributed by atoms with Gasteiger partial charge in [-0.15, -0.1) is 0 Å². The molecule has 5 heteroatoms. The molecule has 3 N–H and O–H groups in total. The fraction of sp³-hybridized carbons (Fsp3) is 0.556. The summed E-state index contributed by atoms with van der Waals surface area (Å²) in [5, 5.41) is 15.4. The van der Waals surface area contributed by atoms with E-state index in [4.69, 9.17) is 0 Å². The van der Waals surface area contributed by atoms with Crippen molar-refractivity contribution in [3.05, 3.63) is 35.9 Å². The Balaban J connectivity index is 1.57. The number of aliphatic hydroxyl groups is 1. The number of hydrogen-bond acceptors (Lipinski definition) is 3. The zero-order valence-electron chi connectivity index (χ0n) is 13.4. The molecule has 0 saturated heterocycles. The molecule has 0 aromatic heterocycles. The van der Waals surface area contributed by atoms with E-state index in [9.17, 15) is 14.7 Å². The third kappa shape index (κ3) is 3.72. The Morgan fingerprint density at radius 2 is 1.91 bits per heavy atom. The molecular formula is C18H24N2O3. The number of carbonyl (C=O) groups excluding carboxylic acids is 2. The highest BCUT2D eigenvalue weighted by molar-refractivity contribution is 5.89. The van der Waals surface area contributed by atoms with Crippen molar-refractivity contribution in [2.75, 3.05) is 6.54 Å². The summed E-state index contributed by atoms with van der Waals surface area (Å²) < 4.78 is 0. The van der Waals surface area contributed by atoms with E-state index < -0.39 is 12.1 Å². The highest BCUT2D eigenvalue weighted by Gasteiger charge is 2.44. The molecule has 23 heavy (non-hydrogen) atoms. The summed E-state index contributed by atoms with van der Waals surface area (Å²) >= 11 is 0. The van der Waals surface area contributed by atoms with Crippen LogP contribution in [0.25, 0.3) is 0 Å². The first-order valence-corrected chi connectivity index (χ1v) is 8.33. The Labute approximate surface area is 136 Å². The largest absolute Gasteiger partial charge is 0.391 e. The van der Waals surface area contributed by atoms with Gasteiger partial charge in [-0.2, -0.15) is 0 Å². The van der Waals surface area contributed by atoms with Gasteiger partial charge in [-0.1, -0.05) is 30.3 Å². The molecule has 2 aliphatic carbocycles. The van der Waals surface area contributed by atoms with Crippen LogP contribution in [0.15, 0.2) is 30.3 Å². The van der Waals surface area contributed by atoms with Gasteiger partial charge in [-0.25, -0.2) is 0 Å². The van der Waals surface area contributed by atoms with Gasteiger partial charge in [0.25, 0.3) is 0 Å². The molecule has 2 amide bonds. The fourth-order valence-corrected chi connectivity index (χ4v) is 2.90. The summed E-state index contributed by atoms with van der Waals surface area (Å²) in [5.74, 6) is -0.422. The molecule has 1 aromatic carbocycles. The van der Waals surface area contributed by atoms with E-state index in [0.29, 0.717) is 6.54 Å². The lowest BCUT2D eigenvalue weighted by Crippen LogP contribution is -2.53. The maximum atomic E-state index is 12.4. The number of aliphatic hydroxyl groups excluding tert-OH is 1. The van der Waals surface area contributed by atoms with Crippen LogP contribution in [0.1, 0.15) is 38.2 Å². The predicted molar refractivity (Wildman–Crippen MR) is 86.7 cm³/mol. The molecule has 0 aliphatic heterocycles. The van der Waals surface area contributed by atoms with Crippen LogP contribution >= 0.6 is 0 Å². The molecule has 2 aliphatic rings. The van der Waals surface area contributed by atoms with Crippen molar-refractivity contribution in [2.24, 2.45) is 5.92 Å². The van der Waals surface area contributed by atoms with Crippen LogP contribution in [0, 0.1) is 5.92 Å². The second-order valence-electron chi connectivity index (χ2n) is 6.87. The van der Waals surface area contributed by atoms with E-state index >= 15 is 0 Å². The molecule has 124 valence electrons. The first kappa shape index (κ1) is 16.0. The highest BCUT2D eigenvalue weighted by atomic mass is 16.3. The lowest BCUT2D eigenvalue weighted by molar-refractivity contribution is -0.132. The molecule has 0 bridgehead atoms. The summed E-state index contributed by atoms with van der Waals surface area (Å²) in [6, 6.07) is 9.28. The van der Waals surface area contributed by atoms with Crippen LogP contribution in [0.4, 0.5) is 0 Å². The van der Waals surface area contributed by atoms with E-state index in [1.54, 1.807) is 0 Å². The molecule has 0 spiro atoms. The van der Waals surface area contributed by atoms with Crippen LogP contribution in [0.5, 0.6) is 0 Å². The molecule has 0 radical (unpaired) electrons. The van der Waals surface area contributed by atoms with Crippen LogP contribution in [0.2, 0.25) is 0 Å². The van der Waals surface area contributed by atoms with Crippen molar-refractivity contribution in [3.8, 4) is 0 Å². The summed E-state index contributed by atoms with van der Waals surface area (Å²) in [5.41, 5.74) is 1.25. The third-order valence-electron chi connectivity index (χ3n) is 4.85. The van der Waals surface area contributed by atoms with Crippen LogP contribution in [-0.2, 0) is 15.0 Å². The van der Waals surface area contributed by atoms with E-state index in [0.717, 1.165) is 25.7 Å². The lowest BCUT2D eigenvalue weighted by atomic mass is 9.96. The Morgan fingerprint density at radius 1 is 1.26 bits per heavy atom. The topological polar surface area (TPSA) is 78.4 Å². The zero-order valence-corrected chi connectivity index (χ0v) is 13.4. The molecule has 0 heterocycles. The minimum Gasteiger partial charge on any atom is -0.391 e. The number of hydrogen-bond donors (Lipinski definition) is 3. The normalized spacial score (nSPS) is 21.1. The summed E-state index contributed by atoms with van der Waals surface area (Å²) in [4.78, 5) is 24.2. The van der Waals surface area contributed by atoms with Crippen LogP contribution in [-0.4, -0.2) is 35.6 Å². The predicted octanol–water partition coefficient (Wildman–Crippen LogP) is 1.11. The monoisotopic (exact) mass is 316 g/mol. The van der Waals surface area contributed by atoms with Crippen molar-refractivity contribution in [3.63, 3.8) is 0 Å². The van der Waals surface area contributed by atoms with Crippen molar-refractivity contribution in [1.29, 1.82) is 0 Å². The van der Waals surface area contributed by atoms with Crippen LogP contribution in [0.3, 0.4) is 0 Å². The quantitative estimate of drug-likeness (QED) is 0.705. The number of carbonyl (C=O) groups is 2. The van der Waals surface area contributed by atoms with Gasteiger partial charge in [0, 0.05) is 17.9 Å². The van der Waals surface area contributed by atoms with Crippen molar-refractivity contribution >= 4 is 11.8 Å². The molecule has 3 rings (SSSR count). The van der Waals surface area contributed by atoms with Gasteiger partial charge < -0.3 is 15.7 Å². The van der Waals surface area contributed by atoms with Gasteiger partial charge in [0.1, 0.15) is 6.04 Å². The molecule has 1 aromatic rings. The van der Waals surface area contributed by atoms with E-state index in [1.807, 2.05) is 18.2 Å². The zero-order chi connectivity index (χ0) is 16.4. The lowest BCUT2D eigenvalue weighted by Gasteiger charge is -2.23. The SMILES string of the molecule is CC(O)C(NC(=O)C1CC1)C(=O)NCC1(c2ccccc2)CC1. The van der Waals surface area contributed by atoms with Gasteiger partial charge in [0.15, 0.2) is 0 Å². The average molecular weight is 316 g/mol. The number of rotatable bonds is 7. The Morgan fingerprint density at radius 3 is 2.43 bits per heavy atom.